The Balaban J connectivity index is 1.55. The normalized spacial score (nSPS) is 24.8. The molecular formula is C21H22O5. The summed E-state index contributed by atoms with van der Waals surface area (Å²) >= 11 is 0. The van der Waals surface area contributed by atoms with Gasteiger partial charge in [0.05, 0.1) is 6.61 Å². The van der Waals surface area contributed by atoms with Crippen molar-refractivity contribution in [3.05, 3.63) is 59.7 Å². The van der Waals surface area contributed by atoms with E-state index in [4.69, 9.17) is 18.9 Å². The molecule has 1 fully saturated rings. The average Bonchev–Trinajstić information content (AvgIpc) is 2.72. The minimum absolute atomic E-state index is 0.188. The van der Waals surface area contributed by atoms with E-state index < -0.39 is 0 Å². The molecule has 2 heterocycles. The van der Waals surface area contributed by atoms with Gasteiger partial charge in [-0.25, -0.2) is 0 Å². The first kappa shape index (κ1) is 17.1. The molecule has 2 aliphatic heterocycles. The van der Waals surface area contributed by atoms with Crippen LogP contribution in [0.1, 0.15) is 41.3 Å². The van der Waals surface area contributed by atoms with E-state index >= 15 is 0 Å². The van der Waals surface area contributed by atoms with Crippen molar-refractivity contribution in [1.82, 2.24) is 0 Å². The highest BCUT2D eigenvalue weighted by Gasteiger charge is 2.34. The monoisotopic (exact) mass is 354 g/mol. The Morgan fingerprint density at radius 2 is 1.92 bits per heavy atom. The van der Waals surface area contributed by atoms with E-state index in [1.165, 1.54) is 0 Å². The lowest BCUT2D eigenvalue weighted by Gasteiger charge is -2.35. The predicted molar refractivity (Wildman–Crippen MR) is 95.6 cm³/mol. The van der Waals surface area contributed by atoms with Gasteiger partial charge in [0.2, 0.25) is 0 Å². The van der Waals surface area contributed by atoms with Crippen LogP contribution in [-0.2, 0) is 9.47 Å². The molecule has 0 aliphatic carbocycles. The summed E-state index contributed by atoms with van der Waals surface area (Å²) in [6.07, 6.45) is 3.10. The first-order valence-corrected chi connectivity index (χ1v) is 9.04. The van der Waals surface area contributed by atoms with Crippen LogP contribution in [-0.4, -0.2) is 31.9 Å². The third-order valence-corrected chi connectivity index (χ3v) is 4.69. The molecule has 0 bridgehead atoms. The maximum absolute atomic E-state index is 11.1. The molecule has 2 aromatic carbocycles. The van der Waals surface area contributed by atoms with Crippen molar-refractivity contribution >= 4 is 6.29 Å². The SMILES string of the molecule is O=Cc1ccc2c(c1)O[C@@H](COC1CCCCO1)[C@H](c1ccccc1)O2. The van der Waals surface area contributed by atoms with Crippen LogP contribution in [0.25, 0.3) is 0 Å². The summed E-state index contributed by atoms with van der Waals surface area (Å²) in [7, 11) is 0. The maximum atomic E-state index is 11.1. The largest absolute Gasteiger partial charge is 0.480 e. The summed E-state index contributed by atoms with van der Waals surface area (Å²) in [5, 5.41) is 0. The Kier molecular flexibility index (Phi) is 5.18. The van der Waals surface area contributed by atoms with Crippen LogP contribution in [0.2, 0.25) is 0 Å². The molecule has 1 saturated heterocycles. The zero-order valence-electron chi connectivity index (χ0n) is 14.5. The Labute approximate surface area is 152 Å². The van der Waals surface area contributed by atoms with E-state index in [2.05, 4.69) is 0 Å². The fourth-order valence-electron chi connectivity index (χ4n) is 3.32. The molecule has 1 unspecified atom stereocenters. The molecule has 26 heavy (non-hydrogen) atoms. The number of ether oxygens (including phenoxy) is 4. The van der Waals surface area contributed by atoms with Gasteiger partial charge in [0.15, 0.2) is 30.0 Å². The van der Waals surface area contributed by atoms with Gasteiger partial charge in [-0.2, -0.15) is 0 Å². The van der Waals surface area contributed by atoms with Crippen LogP contribution in [0.15, 0.2) is 48.5 Å². The van der Waals surface area contributed by atoms with Gasteiger partial charge in [-0.15, -0.1) is 0 Å². The van der Waals surface area contributed by atoms with Gasteiger partial charge in [-0.05, 0) is 43.0 Å². The summed E-state index contributed by atoms with van der Waals surface area (Å²) < 4.78 is 24.0. The fourth-order valence-corrected chi connectivity index (χ4v) is 3.32. The number of benzene rings is 2. The van der Waals surface area contributed by atoms with Gasteiger partial charge in [-0.3, -0.25) is 4.79 Å². The third kappa shape index (κ3) is 3.74. The number of carbonyl (C=O) groups excluding carboxylic acids is 1. The third-order valence-electron chi connectivity index (χ3n) is 4.69. The van der Waals surface area contributed by atoms with Crippen LogP contribution in [0.3, 0.4) is 0 Å². The first-order valence-electron chi connectivity index (χ1n) is 9.04. The second kappa shape index (κ2) is 7.89. The van der Waals surface area contributed by atoms with Crippen molar-refractivity contribution in [2.24, 2.45) is 0 Å². The van der Waals surface area contributed by atoms with E-state index in [1.54, 1.807) is 18.2 Å². The molecule has 2 aromatic rings. The van der Waals surface area contributed by atoms with Gasteiger partial charge in [-0.1, -0.05) is 30.3 Å². The molecule has 5 heteroatoms. The molecule has 136 valence electrons. The Hall–Kier alpha value is -2.37. The van der Waals surface area contributed by atoms with Crippen LogP contribution < -0.4 is 9.47 Å². The van der Waals surface area contributed by atoms with Gasteiger partial charge in [0, 0.05) is 12.2 Å². The second-order valence-electron chi connectivity index (χ2n) is 6.56. The Bertz CT molecular complexity index is 739. The number of carbonyl (C=O) groups is 1. The summed E-state index contributed by atoms with van der Waals surface area (Å²) in [6, 6.07) is 15.2. The number of hydrogen-bond acceptors (Lipinski definition) is 5. The van der Waals surface area contributed by atoms with Gasteiger partial charge >= 0.3 is 0 Å². The topological polar surface area (TPSA) is 54.0 Å². The van der Waals surface area contributed by atoms with Gasteiger partial charge < -0.3 is 18.9 Å². The number of hydrogen-bond donors (Lipinski definition) is 0. The van der Waals surface area contributed by atoms with Crippen LogP contribution in [0.5, 0.6) is 11.5 Å². The van der Waals surface area contributed by atoms with Crippen molar-refractivity contribution in [3.8, 4) is 11.5 Å². The van der Waals surface area contributed by atoms with Crippen LogP contribution >= 0.6 is 0 Å². The fraction of sp³-hybridized carbons (Fsp3) is 0.381. The molecule has 0 N–H and O–H groups in total. The van der Waals surface area contributed by atoms with E-state index in [0.29, 0.717) is 23.7 Å². The highest BCUT2D eigenvalue weighted by atomic mass is 16.7. The van der Waals surface area contributed by atoms with Crippen molar-refractivity contribution in [2.75, 3.05) is 13.2 Å². The second-order valence-corrected chi connectivity index (χ2v) is 6.56. The lowest BCUT2D eigenvalue weighted by molar-refractivity contribution is -0.181. The highest BCUT2D eigenvalue weighted by Crippen LogP contribution is 2.40. The summed E-state index contributed by atoms with van der Waals surface area (Å²) in [6.45, 7) is 1.09. The van der Waals surface area contributed by atoms with Gasteiger partial charge in [0.25, 0.3) is 0 Å². The average molecular weight is 354 g/mol. The van der Waals surface area contributed by atoms with E-state index in [-0.39, 0.29) is 18.5 Å². The lowest BCUT2D eigenvalue weighted by atomic mass is 10.0. The molecule has 2 aliphatic rings. The maximum Gasteiger partial charge on any atom is 0.163 e. The molecular weight excluding hydrogens is 332 g/mol. The van der Waals surface area contributed by atoms with Crippen molar-refractivity contribution in [3.63, 3.8) is 0 Å². The molecule has 0 radical (unpaired) electrons. The molecule has 3 atom stereocenters. The van der Waals surface area contributed by atoms with Crippen molar-refractivity contribution in [2.45, 2.75) is 37.8 Å². The highest BCUT2D eigenvalue weighted by molar-refractivity contribution is 5.76. The predicted octanol–water partition coefficient (Wildman–Crippen LogP) is 3.92. The molecule has 0 spiro atoms. The first-order chi connectivity index (χ1) is 12.8. The van der Waals surface area contributed by atoms with E-state index in [1.807, 2.05) is 30.3 Å². The quantitative estimate of drug-likeness (QED) is 0.762. The minimum Gasteiger partial charge on any atom is -0.480 e. The zero-order valence-corrected chi connectivity index (χ0v) is 14.5. The summed E-state index contributed by atoms with van der Waals surface area (Å²) in [5.74, 6) is 1.20. The zero-order chi connectivity index (χ0) is 17.8. The summed E-state index contributed by atoms with van der Waals surface area (Å²) in [4.78, 5) is 11.1. The standard InChI is InChI=1S/C21H22O5/c22-13-15-9-10-17-18(12-15)25-19(14-24-20-8-4-5-11-23-20)21(26-17)16-6-2-1-3-7-16/h1-3,6-7,9-10,12-13,19-21H,4-5,8,11,14H2/t19-,20?,21-/m0/s1. The van der Waals surface area contributed by atoms with Crippen LogP contribution in [0.4, 0.5) is 0 Å². The molecule has 0 aromatic heterocycles. The van der Waals surface area contributed by atoms with Gasteiger partial charge in [0.1, 0.15) is 6.29 Å². The van der Waals surface area contributed by atoms with E-state index in [9.17, 15) is 4.79 Å². The summed E-state index contributed by atoms with van der Waals surface area (Å²) in [5.41, 5.74) is 1.58. The Morgan fingerprint density at radius 3 is 2.69 bits per heavy atom. The molecule has 5 nitrogen and oxygen atoms in total. The lowest BCUT2D eigenvalue weighted by Crippen LogP contribution is -2.38. The van der Waals surface area contributed by atoms with Crippen LogP contribution in [0, 0.1) is 0 Å². The minimum atomic E-state index is -0.322. The van der Waals surface area contributed by atoms with Crippen molar-refractivity contribution in [1.29, 1.82) is 0 Å². The number of aldehydes is 1. The smallest absolute Gasteiger partial charge is 0.163 e. The molecule has 0 amide bonds. The number of rotatable bonds is 5. The number of fused-ring (bicyclic) bond motifs is 1. The van der Waals surface area contributed by atoms with Crippen molar-refractivity contribution < 1.29 is 23.7 Å². The van der Waals surface area contributed by atoms with E-state index in [0.717, 1.165) is 37.7 Å². The molecule has 4 rings (SSSR count). The molecule has 0 saturated carbocycles. The Morgan fingerprint density at radius 1 is 1.04 bits per heavy atom.